The molecule has 0 amide bonds. The van der Waals surface area contributed by atoms with E-state index in [0.29, 0.717) is 5.56 Å². The summed E-state index contributed by atoms with van der Waals surface area (Å²) in [6.45, 7) is 3.66. The van der Waals surface area contributed by atoms with Gasteiger partial charge in [-0.1, -0.05) is 31.5 Å². The van der Waals surface area contributed by atoms with Gasteiger partial charge >= 0.3 is 0 Å². The van der Waals surface area contributed by atoms with Crippen LogP contribution in [-0.2, 0) is 0 Å². The molecule has 0 spiro atoms. The molecule has 102 valence electrons. The normalized spacial score (nSPS) is 13.9. The molecule has 3 N–H and O–H groups in total. The quantitative estimate of drug-likeness (QED) is 0.660. The predicted molar refractivity (Wildman–Crippen MR) is 73.1 cm³/mol. The van der Waals surface area contributed by atoms with Crippen LogP contribution in [0.3, 0.4) is 0 Å². The monoisotopic (exact) mass is 294 g/mol. The van der Waals surface area contributed by atoms with Crippen LogP contribution < -0.4 is 5.73 Å². The van der Waals surface area contributed by atoms with Gasteiger partial charge in [-0.3, -0.25) is 10.1 Å². The maximum Gasteiger partial charge on any atom is 0.288 e. The first-order chi connectivity index (χ1) is 7.84. The van der Waals surface area contributed by atoms with Crippen LogP contribution in [0, 0.1) is 16.0 Å². The van der Waals surface area contributed by atoms with Crippen LogP contribution in [0.5, 0.6) is 0 Å². The average molecular weight is 295 g/mol. The van der Waals surface area contributed by atoms with Gasteiger partial charge in [0.05, 0.1) is 17.1 Å². The molecule has 0 aromatic heterocycles. The largest absolute Gasteiger partial charge is 0.391 e. The summed E-state index contributed by atoms with van der Waals surface area (Å²) >= 11 is 5.69. The number of nitrogens with two attached hydrogens (primary N) is 1. The molecule has 0 fully saturated rings. The van der Waals surface area contributed by atoms with Crippen molar-refractivity contribution in [2.24, 2.45) is 11.7 Å². The molecule has 0 aliphatic rings. The van der Waals surface area contributed by atoms with Crippen LogP contribution in [0.1, 0.15) is 25.5 Å². The maximum absolute atomic E-state index is 10.7. The number of hydrogen-bond acceptors (Lipinski definition) is 4. The topological polar surface area (TPSA) is 89.4 Å². The van der Waals surface area contributed by atoms with Crippen molar-refractivity contribution in [2.75, 3.05) is 0 Å². The molecule has 1 rings (SSSR count). The van der Waals surface area contributed by atoms with Crippen molar-refractivity contribution in [3.8, 4) is 0 Å². The third-order valence-electron chi connectivity index (χ3n) is 2.60. The van der Waals surface area contributed by atoms with Gasteiger partial charge in [-0.25, -0.2) is 0 Å². The zero-order chi connectivity index (χ0) is 13.2. The van der Waals surface area contributed by atoms with Crippen molar-refractivity contribution >= 4 is 29.7 Å². The zero-order valence-corrected chi connectivity index (χ0v) is 11.6. The molecule has 18 heavy (non-hydrogen) atoms. The fourth-order valence-corrected chi connectivity index (χ4v) is 1.68. The lowest BCUT2D eigenvalue weighted by Crippen LogP contribution is -2.30. The van der Waals surface area contributed by atoms with E-state index in [1.54, 1.807) is 6.07 Å². The highest BCUT2D eigenvalue weighted by molar-refractivity contribution is 6.32. The highest BCUT2D eigenvalue weighted by Crippen LogP contribution is 2.29. The molecule has 0 radical (unpaired) electrons. The summed E-state index contributed by atoms with van der Waals surface area (Å²) in [6, 6.07) is 3.65. The van der Waals surface area contributed by atoms with E-state index < -0.39 is 17.1 Å². The van der Waals surface area contributed by atoms with Crippen LogP contribution in [0.25, 0.3) is 0 Å². The Balaban J connectivity index is 0.00000289. The minimum Gasteiger partial charge on any atom is -0.391 e. The summed E-state index contributed by atoms with van der Waals surface area (Å²) in [7, 11) is 0. The highest BCUT2D eigenvalue weighted by atomic mass is 35.5. The Morgan fingerprint density at radius 2 is 2.00 bits per heavy atom. The van der Waals surface area contributed by atoms with Crippen molar-refractivity contribution in [3.05, 3.63) is 38.9 Å². The Labute approximate surface area is 116 Å². The first-order valence-electron chi connectivity index (χ1n) is 5.22. The van der Waals surface area contributed by atoms with Gasteiger partial charge in [-0.15, -0.1) is 12.4 Å². The molecule has 0 saturated heterocycles. The second-order valence-corrected chi connectivity index (χ2v) is 4.64. The van der Waals surface area contributed by atoms with Gasteiger partial charge in [0.1, 0.15) is 5.02 Å². The van der Waals surface area contributed by atoms with Gasteiger partial charge in [0.2, 0.25) is 0 Å². The van der Waals surface area contributed by atoms with Crippen molar-refractivity contribution in [1.82, 2.24) is 0 Å². The Kier molecular flexibility index (Phi) is 6.56. The van der Waals surface area contributed by atoms with E-state index in [9.17, 15) is 15.2 Å². The Hall–Kier alpha value is -0.880. The van der Waals surface area contributed by atoms with Crippen LogP contribution >= 0.6 is 24.0 Å². The Morgan fingerprint density at radius 1 is 1.44 bits per heavy atom. The zero-order valence-electron chi connectivity index (χ0n) is 10.0. The second-order valence-electron chi connectivity index (χ2n) is 4.23. The van der Waals surface area contributed by atoms with Crippen molar-refractivity contribution in [3.63, 3.8) is 0 Å². The fourth-order valence-electron chi connectivity index (χ4n) is 1.49. The molecule has 0 bridgehead atoms. The van der Waals surface area contributed by atoms with E-state index in [0.717, 1.165) is 0 Å². The van der Waals surface area contributed by atoms with Gasteiger partial charge in [0.25, 0.3) is 5.69 Å². The summed E-state index contributed by atoms with van der Waals surface area (Å²) in [5, 5.41) is 20.6. The molecule has 1 aromatic carbocycles. The fraction of sp³-hybridized carbons (Fsp3) is 0.455. The summed E-state index contributed by atoms with van der Waals surface area (Å²) in [6.07, 6.45) is -0.754. The Morgan fingerprint density at radius 3 is 2.44 bits per heavy atom. The molecule has 0 heterocycles. The van der Waals surface area contributed by atoms with Crippen molar-refractivity contribution in [1.29, 1.82) is 0 Å². The third-order valence-corrected chi connectivity index (χ3v) is 2.92. The predicted octanol–water partition coefficient (Wildman–Crippen LogP) is 2.69. The molecule has 5 nitrogen and oxygen atoms in total. The van der Waals surface area contributed by atoms with E-state index >= 15 is 0 Å². The molecule has 2 atom stereocenters. The highest BCUT2D eigenvalue weighted by Gasteiger charge is 2.23. The number of nitrogens with zero attached hydrogens (tertiary/aromatic N) is 1. The van der Waals surface area contributed by atoms with Crippen LogP contribution in [-0.4, -0.2) is 16.1 Å². The number of halogens is 2. The smallest absolute Gasteiger partial charge is 0.288 e. The van der Waals surface area contributed by atoms with Gasteiger partial charge in [0, 0.05) is 6.07 Å². The van der Waals surface area contributed by atoms with Gasteiger partial charge in [-0.2, -0.15) is 0 Å². The number of aliphatic hydroxyl groups excluding tert-OH is 1. The lowest BCUT2D eigenvalue weighted by molar-refractivity contribution is -0.384. The number of rotatable bonds is 4. The lowest BCUT2D eigenvalue weighted by atomic mass is 9.94. The number of nitro groups is 1. The maximum atomic E-state index is 10.7. The molecule has 1 aromatic rings. The summed E-state index contributed by atoms with van der Waals surface area (Å²) in [5.74, 6) is -0.0280. The number of hydrogen-bond donors (Lipinski definition) is 2. The molecule has 0 aliphatic heterocycles. The third kappa shape index (κ3) is 3.81. The van der Waals surface area contributed by atoms with E-state index in [1.165, 1.54) is 12.1 Å². The molecule has 0 saturated carbocycles. The molecular formula is C11H16Cl2N2O3. The van der Waals surface area contributed by atoms with Gasteiger partial charge in [-0.05, 0) is 17.5 Å². The molecule has 0 unspecified atom stereocenters. The van der Waals surface area contributed by atoms with Gasteiger partial charge < -0.3 is 10.8 Å². The minimum absolute atomic E-state index is 0. The standard InChI is InChI=1S/C11H15ClN2O3.ClH/c1-6(2)11(15)10(13)7-3-4-8(12)9(5-7)14(16)17;/h3-6,10-11,15H,13H2,1-2H3;1H/t10-,11+;/m1./s1. The van der Waals surface area contributed by atoms with Crippen LogP contribution in [0.15, 0.2) is 18.2 Å². The van der Waals surface area contributed by atoms with E-state index in [1.807, 2.05) is 13.8 Å². The van der Waals surface area contributed by atoms with Crippen LogP contribution in [0.4, 0.5) is 5.69 Å². The number of benzene rings is 1. The SMILES string of the molecule is CC(C)[C@H](O)[C@H](N)c1ccc(Cl)c([N+](=O)[O-])c1.Cl. The second kappa shape index (κ2) is 6.89. The number of aliphatic hydroxyl groups is 1. The van der Waals surface area contributed by atoms with E-state index in [4.69, 9.17) is 17.3 Å². The molecule has 7 heteroatoms. The summed E-state index contributed by atoms with van der Waals surface area (Å²) in [5.41, 5.74) is 6.15. The number of nitro benzene ring substituents is 1. The minimum atomic E-state index is -0.754. The lowest BCUT2D eigenvalue weighted by Gasteiger charge is -2.22. The summed E-state index contributed by atoms with van der Waals surface area (Å²) in [4.78, 5) is 10.1. The Bertz CT molecular complexity index is 427. The summed E-state index contributed by atoms with van der Waals surface area (Å²) < 4.78 is 0. The van der Waals surface area contributed by atoms with E-state index in [-0.39, 0.29) is 29.0 Å². The molecular weight excluding hydrogens is 279 g/mol. The van der Waals surface area contributed by atoms with Crippen molar-refractivity contribution in [2.45, 2.75) is 26.0 Å². The van der Waals surface area contributed by atoms with E-state index in [2.05, 4.69) is 0 Å². The van der Waals surface area contributed by atoms with Crippen LogP contribution in [0.2, 0.25) is 5.02 Å². The van der Waals surface area contributed by atoms with Gasteiger partial charge in [0.15, 0.2) is 0 Å². The first kappa shape index (κ1) is 17.1. The average Bonchev–Trinajstić information content (AvgIpc) is 2.27. The van der Waals surface area contributed by atoms with Crippen molar-refractivity contribution < 1.29 is 10.0 Å². The molecule has 0 aliphatic carbocycles. The first-order valence-corrected chi connectivity index (χ1v) is 5.60.